The monoisotopic (exact) mass is 569 g/mol. The molecule has 0 amide bonds. The predicted octanol–water partition coefficient (Wildman–Crippen LogP) is 0.870. The molecule has 4 heterocycles. The molecule has 0 aliphatic carbocycles. The van der Waals surface area contributed by atoms with E-state index >= 15 is 0 Å². The zero-order valence-electron chi connectivity index (χ0n) is 21.3. The van der Waals surface area contributed by atoms with E-state index in [0.29, 0.717) is 6.42 Å². The quantitative estimate of drug-likeness (QED) is 0.167. The summed E-state index contributed by atoms with van der Waals surface area (Å²) in [7, 11) is -4.71. The molecule has 39 heavy (non-hydrogen) atoms. The number of phosphoric acid groups is 1. The molecule has 18 heteroatoms. The maximum absolute atomic E-state index is 12.8. The summed E-state index contributed by atoms with van der Waals surface area (Å²) in [6.45, 7) is 4.28. The number of rotatable bonds is 9. The number of azide groups is 1. The van der Waals surface area contributed by atoms with E-state index in [2.05, 4.69) is 20.0 Å². The molecule has 2 aromatic heterocycles. The topological polar surface area (TPSA) is 233 Å². The Kier molecular flexibility index (Phi) is 8.42. The van der Waals surface area contributed by atoms with Crippen LogP contribution in [0.5, 0.6) is 0 Å². The van der Waals surface area contributed by atoms with E-state index in [1.54, 1.807) is 6.92 Å². The van der Waals surface area contributed by atoms with Crippen molar-refractivity contribution in [3.8, 4) is 0 Å². The van der Waals surface area contributed by atoms with Crippen molar-refractivity contribution in [2.75, 3.05) is 6.61 Å². The zero-order chi connectivity index (χ0) is 28.5. The molecule has 2 fully saturated rings. The van der Waals surface area contributed by atoms with E-state index in [-0.39, 0.29) is 24.0 Å². The SMILES string of the molecule is CC[C@H]1O[C@@H](n2cc(C)c(=O)[nH]c2=O)C[C@@H]1OP(=O)(O)OC[C@H]1O[C@@H](n2cc(C)c(=O)[nH]c2=O)C[C@@H]1N=[N+]=[N-]. The van der Waals surface area contributed by atoms with Gasteiger partial charge in [-0.1, -0.05) is 12.0 Å². The van der Waals surface area contributed by atoms with Gasteiger partial charge in [0, 0.05) is 41.3 Å². The summed E-state index contributed by atoms with van der Waals surface area (Å²) in [6.07, 6.45) is -1.27. The van der Waals surface area contributed by atoms with Crippen molar-refractivity contribution in [3.05, 3.63) is 75.6 Å². The second-order valence-corrected chi connectivity index (χ2v) is 10.7. The van der Waals surface area contributed by atoms with Gasteiger partial charge in [0.2, 0.25) is 0 Å². The van der Waals surface area contributed by atoms with Crippen LogP contribution in [-0.2, 0) is 23.1 Å². The lowest BCUT2D eigenvalue weighted by molar-refractivity contribution is -0.0377. The number of hydrogen-bond acceptors (Lipinski definition) is 10. The third-order valence-electron chi connectivity index (χ3n) is 6.57. The van der Waals surface area contributed by atoms with Gasteiger partial charge in [-0.3, -0.25) is 37.7 Å². The molecule has 0 saturated carbocycles. The molecular weight excluding hydrogens is 541 g/mol. The third-order valence-corrected chi connectivity index (χ3v) is 7.58. The van der Waals surface area contributed by atoms with Crippen molar-refractivity contribution < 1.29 is 28.0 Å². The van der Waals surface area contributed by atoms with Gasteiger partial charge >= 0.3 is 19.2 Å². The average Bonchev–Trinajstić information content (AvgIpc) is 3.46. The molecule has 2 aliphatic rings. The summed E-state index contributed by atoms with van der Waals surface area (Å²) in [5.41, 5.74) is 6.98. The summed E-state index contributed by atoms with van der Waals surface area (Å²) >= 11 is 0. The summed E-state index contributed by atoms with van der Waals surface area (Å²) in [6, 6.07) is -0.850. The summed E-state index contributed by atoms with van der Waals surface area (Å²) in [5.74, 6) is 0. The summed E-state index contributed by atoms with van der Waals surface area (Å²) in [5, 5.41) is 3.64. The molecule has 7 atom stereocenters. The van der Waals surface area contributed by atoms with Gasteiger partial charge in [0.1, 0.15) is 12.5 Å². The normalized spacial score (nSPS) is 28.2. The minimum atomic E-state index is -4.71. The van der Waals surface area contributed by atoms with E-state index in [1.807, 2.05) is 0 Å². The number of aryl methyl sites for hydroxylation is 2. The van der Waals surface area contributed by atoms with Crippen LogP contribution in [0.1, 0.15) is 49.8 Å². The lowest BCUT2D eigenvalue weighted by Gasteiger charge is -2.22. The van der Waals surface area contributed by atoms with Gasteiger partial charge in [-0.05, 0) is 25.8 Å². The molecule has 212 valence electrons. The smallest absolute Gasteiger partial charge is 0.352 e. The van der Waals surface area contributed by atoms with Crippen LogP contribution >= 0.6 is 7.82 Å². The van der Waals surface area contributed by atoms with Crippen molar-refractivity contribution in [2.24, 2.45) is 5.11 Å². The van der Waals surface area contributed by atoms with Gasteiger partial charge in [0.25, 0.3) is 11.1 Å². The van der Waals surface area contributed by atoms with Crippen molar-refractivity contribution >= 4 is 7.82 Å². The highest BCUT2D eigenvalue weighted by molar-refractivity contribution is 7.47. The van der Waals surface area contributed by atoms with Crippen LogP contribution in [-0.4, -0.2) is 55.0 Å². The first-order valence-electron chi connectivity index (χ1n) is 12.1. The Balaban J connectivity index is 1.44. The molecule has 0 aromatic carbocycles. The number of nitrogens with one attached hydrogen (secondary N) is 2. The number of aromatic amines is 2. The number of ether oxygens (including phenoxy) is 2. The Morgan fingerprint density at radius 2 is 1.59 bits per heavy atom. The highest BCUT2D eigenvalue weighted by Gasteiger charge is 2.43. The number of H-pyrrole nitrogens is 2. The van der Waals surface area contributed by atoms with Gasteiger partial charge < -0.3 is 14.4 Å². The van der Waals surface area contributed by atoms with Crippen LogP contribution in [0.3, 0.4) is 0 Å². The molecule has 2 aromatic rings. The first kappa shape index (κ1) is 28.7. The predicted molar refractivity (Wildman–Crippen MR) is 133 cm³/mol. The number of hydrogen-bond donors (Lipinski definition) is 3. The van der Waals surface area contributed by atoms with E-state index in [1.165, 1.54) is 30.8 Å². The summed E-state index contributed by atoms with van der Waals surface area (Å²) in [4.78, 5) is 65.4. The van der Waals surface area contributed by atoms with E-state index < -0.39 is 73.7 Å². The Bertz CT molecular complexity index is 1560. The lowest BCUT2D eigenvalue weighted by atomic mass is 10.1. The number of nitrogens with zero attached hydrogens (tertiary/aromatic N) is 5. The zero-order valence-corrected chi connectivity index (χ0v) is 22.1. The van der Waals surface area contributed by atoms with Crippen molar-refractivity contribution in [3.63, 3.8) is 0 Å². The Morgan fingerprint density at radius 3 is 2.13 bits per heavy atom. The third kappa shape index (κ3) is 6.31. The van der Waals surface area contributed by atoms with Crippen molar-refractivity contribution in [1.29, 1.82) is 0 Å². The van der Waals surface area contributed by atoms with Crippen LogP contribution in [0.15, 0.2) is 36.7 Å². The van der Waals surface area contributed by atoms with Gasteiger partial charge in [-0.2, -0.15) is 0 Å². The van der Waals surface area contributed by atoms with Crippen molar-refractivity contribution in [2.45, 2.75) is 76.8 Å². The van der Waals surface area contributed by atoms with Gasteiger partial charge in [-0.25, -0.2) is 14.2 Å². The molecular formula is C21H28N7O10P. The Hall–Kier alpha value is -3.30. The van der Waals surface area contributed by atoms with Crippen molar-refractivity contribution in [1.82, 2.24) is 19.1 Å². The second kappa shape index (κ2) is 11.4. The molecule has 0 radical (unpaired) electrons. The molecule has 0 bridgehead atoms. The second-order valence-electron chi connectivity index (χ2n) is 9.28. The van der Waals surface area contributed by atoms with Gasteiger partial charge in [0.15, 0.2) is 0 Å². The standard InChI is InChI=1S/C21H28N7O10P/c1-4-13-14(6-17(36-13)28-8-11(3)19(30)24-21(28)32)38-39(33,34)35-9-15-12(25-26-22)5-16(37-15)27-7-10(2)18(29)23-20(27)31/h7-8,12-17H,4-6,9H2,1-3H3,(H,33,34)(H,23,29,31)(H,24,30,32)/t12-,13+,14-,15+,16+,17+/m0/s1. The van der Waals surface area contributed by atoms with Crippen LogP contribution < -0.4 is 22.5 Å². The number of aromatic nitrogens is 4. The van der Waals surface area contributed by atoms with E-state index in [9.17, 15) is 28.6 Å². The fraction of sp³-hybridized carbons (Fsp3) is 0.619. The Morgan fingerprint density at radius 1 is 1.05 bits per heavy atom. The van der Waals surface area contributed by atoms with Gasteiger partial charge in [0.05, 0.1) is 31.0 Å². The fourth-order valence-electron chi connectivity index (χ4n) is 4.54. The summed E-state index contributed by atoms with van der Waals surface area (Å²) < 4.78 is 37.3. The first-order chi connectivity index (χ1) is 18.4. The minimum absolute atomic E-state index is 0.0235. The molecule has 1 unspecified atom stereocenters. The fourth-order valence-corrected chi connectivity index (χ4v) is 5.50. The highest BCUT2D eigenvalue weighted by Crippen LogP contribution is 2.49. The van der Waals surface area contributed by atoms with Gasteiger partial charge in [-0.15, -0.1) is 0 Å². The van der Waals surface area contributed by atoms with Crippen LogP contribution in [0, 0.1) is 13.8 Å². The molecule has 2 aliphatic heterocycles. The van der Waals surface area contributed by atoms with Crippen LogP contribution in [0.25, 0.3) is 10.4 Å². The minimum Gasteiger partial charge on any atom is -0.352 e. The molecule has 3 N–H and O–H groups in total. The van der Waals surface area contributed by atoms with Crippen LogP contribution in [0.4, 0.5) is 0 Å². The lowest BCUT2D eigenvalue weighted by Crippen LogP contribution is -2.33. The maximum Gasteiger partial charge on any atom is 0.472 e. The molecule has 2 saturated heterocycles. The highest BCUT2D eigenvalue weighted by atomic mass is 31.2. The van der Waals surface area contributed by atoms with E-state index in [4.69, 9.17) is 24.1 Å². The van der Waals surface area contributed by atoms with E-state index in [0.717, 1.165) is 4.57 Å². The molecule has 17 nitrogen and oxygen atoms in total. The van der Waals surface area contributed by atoms with Crippen LogP contribution in [0.2, 0.25) is 0 Å². The largest absolute Gasteiger partial charge is 0.472 e. The maximum atomic E-state index is 12.8. The average molecular weight is 569 g/mol. The Labute approximate surface area is 219 Å². The first-order valence-corrected chi connectivity index (χ1v) is 13.6. The molecule has 4 rings (SSSR count). The molecule has 0 spiro atoms. The number of phosphoric ester groups is 1.